The summed E-state index contributed by atoms with van der Waals surface area (Å²) in [4.78, 5) is 13.3. The Morgan fingerprint density at radius 2 is 1.94 bits per heavy atom. The fraction of sp³-hybridized carbons (Fsp3) is 0.533. The number of aliphatic hydroxyl groups is 1. The molecule has 1 aromatic carbocycles. The Balaban J connectivity index is 2.32. The monoisotopic (exact) mass is 249 g/mol. The summed E-state index contributed by atoms with van der Waals surface area (Å²) in [5.74, 6) is 0.0476. The lowest BCUT2D eigenvalue weighted by Crippen LogP contribution is -2.32. The number of aryl methyl sites for hydroxylation is 2. The molecule has 1 aromatic rings. The lowest BCUT2D eigenvalue weighted by atomic mass is 10.1. The van der Waals surface area contributed by atoms with Crippen molar-refractivity contribution in [2.45, 2.75) is 39.5 Å². The van der Waals surface area contributed by atoms with Gasteiger partial charge in [-0.25, -0.2) is 0 Å². The van der Waals surface area contributed by atoms with E-state index in [1.54, 1.807) is 0 Å². The Morgan fingerprint density at radius 1 is 1.28 bits per heavy atom. The second kappa shape index (κ2) is 7.88. The Morgan fingerprint density at radius 3 is 2.50 bits per heavy atom. The maximum atomic E-state index is 11.8. The predicted octanol–water partition coefficient (Wildman–Crippen LogP) is 2.51. The molecule has 0 heterocycles. The highest BCUT2D eigenvalue weighted by Gasteiger charge is 2.10. The zero-order chi connectivity index (χ0) is 13.4. The van der Waals surface area contributed by atoms with Crippen LogP contribution in [0.15, 0.2) is 24.3 Å². The Labute approximate surface area is 109 Å². The molecule has 18 heavy (non-hydrogen) atoms. The van der Waals surface area contributed by atoms with Crippen molar-refractivity contribution in [2.24, 2.45) is 0 Å². The normalized spacial score (nSPS) is 10.4. The zero-order valence-electron chi connectivity index (χ0n) is 11.4. The van der Waals surface area contributed by atoms with Crippen LogP contribution in [0.25, 0.3) is 0 Å². The van der Waals surface area contributed by atoms with E-state index < -0.39 is 0 Å². The summed E-state index contributed by atoms with van der Waals surface area (Å²) in [6, 6.07) is 8.40. The van der Waals surface area contributed by atoms with Crippen molar-refractivity contribution in [3.05, 3.63) is 35.4 Å². The van der Waals surface area contributed by atoms with Gasteiger partial charge in [-0.3, -0.25) is 4.79 Å². The van der Waals surface area contributed by atoms with Gasteiger partial charge in [0.25, 0.3) is 0 Å². The van der Waals surface area contributed by atoms with Gasteiger partial charge in [0.05, 0.1) is 0 Å². The molecule has 0 saturated carbocycles. The lowest BCUT2D eigenvalue weighted by Gasteiger charge is -2.18. The molecule has 0 fully saturated rings. The third-order valence-corrected chi connectivity index (χ3v) is 2.99. The minimum absolute atomic E-state index is 0.0476. The zero-order valence-corrected chi connectivity index (χ0v) is 11.4. The summed E-state index contributed by atoms with van der Waals surface area (Å²) in [5.41, 5.74) is 2.52. The van der Waals surface area contributed by atoms with Gasteiger partial charge >= 0.3 is 0 Å². The highest BCUT2D eigenvalue weighted by Crippen LogP contribution is 2.08. The summed E-state index contributed by atoms with van der Waals surface area (Å²) >= 11 is 0. The van der Waals surface area contributed by atoms with Gasteiger partial charge in [0.1, 0.15) is 6.73 Å². The SMILES string of the molecule is CCCN(CO)C(=O)CCCc1ccc(C)cc1. The standard InChI is InChI=1S/C15H23NO2/c1-3-11-16(12-17)15(18)6-4-5-14-9-7-13(2)8-10-14/h7-10,17H,3-6,11-12H2,1-2H3. The molecule has 1 rings (SSSR count). The highest BCUT2D eigenvalue weighted by atomic mass is 16.3. The molecule has 0 aromatic heterocycles. The molecule has 0 radical (unpaired) electrons. The molecule has 0 atom stereocenters. The van der Waals surface area contributed by atoms with Crippen molar-refractivity contribution in [2.75, 3.05) is 13.3 Å². The second-order valence-electron chi connectivity index (χ2n) is 4.64. The molecule has 0 aliphatic carbocycles. The molecule has 3 heteroatoms. The van der Waals surface area contributed by atoms with Crippen molar-refractivity contribution in [3.8, 4) is 0 Å². The van der Waals surface area contributed by atoms with Crippen LogP contribution in [-0.4, -0.2) is 29.2 Å². The highest BCUT2D eigenvalue weighted by molar-refractivity contribution is 5.75. The van der Waals surface area contributed by atoms with Crippen LogP contribution in [0.1, 0.15) is 37.3 Å². The molecule has 0 aliphatic heterocycles. The number of rotatable bonds is 7. The second-order valence-corrected chi connectivity index (χ2v) is 4.64. The molecular weight excluding hydrogens is 226 g/mol. The minimum Gasteiger partial charge on any atom is -0.376 e. The van der Waals surface area contributed by atoms with Crippen LogP contribution in [-0.2, 0) is 11.2 Å². The molecule has 0 aliphatic rings. The first kappa shape index (κ1) is 14.7. The first-order chi connectivity index (χ1) is 8.67. The number of hydrogen-bond donors (Lipinski definition) is 1. The summed E-state index contributed by atoms with van der Waals surface area (Å²) in [6.45, 7) is 4.54. The van der Waals surface area contributed by atoms with Crippen molar-refractivity contribution < 1.29 is 9.90 Å². The molecule has 0 bridgehead atoms. The summed E-state index contributed by atoms with van der Waals surface area (Å²) in [5, 5.41) is 9.08. The fourth-order valence-corrected chi connectivity index (χ4v) is 1.90. The van der Waals surface area contributed by atoms with Gasteiger partial charge in [0.2, 0.25) is 5.91 Å². The average molecular weight is 249 g/mol. The molecule has 100 valence electrons. The number of hydrogen-bond acceptors (Lipinski definition) is 2. The van der Waals surface area contributed by atoms with Gasteiger partial charge in [0, 0.05) is 13.0 Å². The summed E-state index contributed by atoms with van der Waals surface area (Å²) in [7, 11) is 0. The van der Waals surface area contributed by atoms with E-state index in [9.17, 15) is 4.79 Å². The predicted molar refractivity (Wildman–Crippen MR) is 73.2 cm³/mol. The van der Waals surface area contributed by atoms with Crippen molar-refractivity contribution >= 4 is 5.91 Å². The van der Waals surface area contributed by atoms with E-state index in [4.69, 9.17) is 5.11 Å². The molecule has 0 spiro atoms. The van der Waals surface area contributed by atoms with E-state index in [1.165, 1.54) is 16.0 Å². The summed E-state index contributed by atoms with van der Waals surface area (Å²) < 4.78 is 0. The van der Waals surface area contributed by atoms with E-state index >= 15 is 0 Å². The van der Waals surface area contributed by atoms with Gasteiger partial charge in [-0.05, 0) is 31.7 Å². The van der Waals surface area contributed by atoms with Gasteiger partial charge in [0.15, 0.2) is 0 Å². The smallest absolute Gasteiger partial charge is 0.224 e. The number of carbonyl (C=O) groups is 1. The van der Waals surface area contributed by atoms with Gasteiger partial charge < -0.3 is 10.0 Å². The van der Waals surface area contributed by atoms with Crippen molar-refractivity contribution in [1.82, 2.24) is 4.90 Å². The molecule has 1 amide bonds. The molecular formula is C15H23NO2. The minimum atomic E-state index is -0.169. The van der Waals surface area contributed by atoms with Crippen LogP contribution < -0.4 is 0 Å². The first-order valence-corrected chi connectivity index (χ1v) is 6.61. The van der Waals surface area contributed by atoms with Gasteiger partial charge in [-0.1, -0.05) is 36.8 Å². The summed E-state index contributed by atoms with van der Waals surface area (Å²) in [6.07, 6.45) is 3.14. The lowest BCUT2D eigenvalue weighted by molar-refractivity contribution is -0.134. The van der Waals surface area contributed by atoms with Gasteiger partial charge in [-0.15, -0.1) is 0 Å². The van der Waals surface area contributed by atoms with Gasteiger partial charge in [-0.2, -0.15) is 0 Å². The Kier molecular flexibility index (Phi) is 6.44. The quantitative estimate of drug-likeness (QED) is 0.754. The van der Waals surface area contributed by atoms with E-state index in [0.717, 1.165) is 19.3 Å². The van der Waals surface area contributed by atoms with E-state index in [1.807, 2.05) is 6.92 Å². The van der Waals surface area contributed by atoms with Crippen LogP contribution in [0.3, 0.4) is 0 Å². The molecule has 1 N–H and O–H groups in total. The number of amides is 1. The van der Waals surface area contributed by atoms with Crippen LogP contribution >= 0.6 is 0 Å². The van der Waals surface area contributed by atoms with Crippen LogP contribution in [0.4, 0.5) is 0 Å². The number of benzene rings is 1. The molecule has 0 saturated heterocycles. The Bertz CT molecular complexity index is 359. The molecule has 0 unspecified atom stereocenters. The van der Waals surface area contributed by atoms with E-state index in [2.05, 4.69) is 31.2 Å². The van der Waals surface area contributed by atoms with E-state index in [-0.39, 0.29) is 12.6 Å². The first-order valence-electron chi connectivity index (χ1n) is 6.61. The third kappa shape index (κ3) is 4.88. The third-order valence-electron chi connectivity index (χ3n) is 2.99. The largest absolute Gasteiger partial charge is 0.376 e. The number of nitrogens with zero attached hydrogens (tertiary/aromatic N) is 1. The van der Waals surface area contributed by atoms with Crippen molar-refractivity contribution in [1.29, 1.82) is 0 Å². The number of aliphatic hydroxyl groups excluding tert-OH is 1. The van der Waals surface area contributed by atoms with Crippen LogP contribution in [0.2, 0.25) is 0 Å². The molecule has 3 nitrogen and oxygen atoms in total. The maximum Gasteiger partial charge on any atom is 0.224 e. The number of carbonyl (C=O) groups excluding carboxylic acids is 1. The Hall–Kier alpha value is -1.35. The van der Waals surface area contributed by atoms with E-state index in [0.29, 0.717) is 13.0 Å². The van der Waals surface area contributed by atoms with Crippen LogP contribution in [0, 0.1) is 6.92 Å². The van der Waals surface area contributed by atoms with Crippen LogP contribution in [0.5, 0.6) is 0 Å². The maximum absolute atomic E-state index is 11.8. The van der Waals surface area contributed by atoms with Crippen molar-refractivity contribution in [3.63, 3.8) is 0 Å². The topological polar surface area (TPSA) is 40.5 Å². The fourth-order valence-electron chi connectivity index (χ4n) is 1.90. The average Bonchev–Trinajstić information content (AvgIpc) is 2.38.